The third kappa shape index (κ3) is 1.67. The highest BCUT2D eigenvalue weighted by molar-refractivity contribution is 4.98. The quantitative estimate of drug-likeness (QED) is 0.687. The number of alkyl halides is 3. The summed E-state index contributed by atoms with van der Waals surface area (Å²) < 4.78 is 51.1. The van der Waals surface area contributed by atoms with Gasteiger partial charge in [-0.05, 0) is 25.6 Å². The SMILES string of the molecule is [2H]C([2H])(CO)CC1(C(F)(F)F)CC1. The van der Waals surface area contributed by atoms with Crippen molar-refractivity contribution in [1.82, 2.24) is 0 Å². The Morgan fingerprint density at radius 3 is 2.27 bits per heavy atom. The van der Waals surface area contributed by atoms with E-state index in [-0.39, 0.29) is 12.8 Å². The maximum atomic E-state index is 12.3. The van der Waals surface area contributed by atoms with E-state index in [2.05, 4.69) is 0 Å². The summed E-state index contributed by atoms with van der Waals surface area (Å²) in [6.45, 7) is -0.856. The Kier molecular flexibility index (Phi) is 1.52. The predicted octanol–water partition coefficient (Wildman–Crippen LogP) is 2.10. The van der Waals surface area contributed by atoms with Crippen LogP contribution in [0, 0.1) is 5.41 Å². The zero-order valence-corrected chi connectivity index (χ0v) is 5.91. The summed E-state index contributed by atoms with van der Waals surface area (Å²) >= 11 is 0. The van der Waals surface area contributed by atoms with Crippen LogP contribution in [0.4, 0.5) is 13.2 Å². The van der Waals surface area contributed by atoms with Crippen LogP contribution < -0.4 is 0 Å². The van der Waals surface area contributed by atoms with Crippen molar-refractivity contribution in [2.45, 2.75) is 31.8 Å². The molecule has 0 aromatic rings. The van der Waals surface area contributed by atoms with Gasteiger partial charge < -0.3 is 5.11 Å². The average molecular weight is 170 g/mol. The maximum Gasteiger partial charge on any atom is 0.394 e. The summed E-state index contributed by atoms with van der Waals surface area (Å²) in [5.41, 5.74) is -1.86. The van der Waals surface area contributed by atoms with Crippen LogP contribution in [-0.4, -0.2) is 17.9 Å². The van der Waals surface area contributed by atoms with Crippen molar-refractivity contribution in [1.29, 1.82) is 0 Å². The van der Waals surface area contributed by atoms with Crippen LogP contribution in [0.15, 0.2) is 0 Å². The molecule has 1 rings (SSSR count). The fourth-order valence-electron chi connectivity index (χ4n) is 1.01. The number of rotatable bonds is 3. The lowest BCUT2D eigenvalue weighted by molar-refractivity contribution is -0.189. The number of aliphatic hydroxyl groups is 1. The largest absolute Gasteiger partial charge is 0.396 e. The van der Waals surface area contributed by atoms with Gasteiger partial charge in [-0.15, -0.1) is 0 Å². The lowest BCUT2D eigenvalue weighted by atomic mass is 10.0. The molecule has 0 bridgehead atoms. The van der Waals surface area contributed by atoms with Crippen molar-refractivity contribution in [3.05, 3.63) is 0 Å². The molecule has 1 nitrogen and oxygen atoms in total. The van der Waals surface area contributed by atoms with Gasteiger partial charge in [0, 0.05) is 9.35 Å². The van der Waals surface area contributed by atoms with Crippen LogP contribution in [0.3, 0.4) is 0 Å². The van der Waals surface area contributed by atoms with E-state index in [0.717, 1.165) is 0 Å². The Hall–Kier alpha value is -0.250. The zero-order valence-electron chi connectivity index (χ0n) is 7.91. The third-order valence-corrected chi connectivity index (χ3v) is 2.03. The van der Waals surface area contributed by atoms with Crippen molar-refractivity contribution in [3.63, 3.8) is 0 Å². The van der Waals surface area contributed by atoms with E-state index < -0.39 is 31.0 Å². The molecule has 1 aliphatic rings. The van der Waals surface area contributed by atoms with Gasteiger partial charge in [0.25, 0.3) is 0 Å². The Morgan fingerprint density at radius 2 is 2.00 bits per heavy atom. The van der Waals surface area contributed by atoms with Crippen LogP contribution in [0.25, 0.3) is 0 Å². The van der Waals surface area contributed by atoms with Gasteiger partial charge in [-0.2, -0.15) is 13.2 Å². The first-order chi connectivity index (χ1) is 5.72. The monoisotopic (exact) mass is 170 g/mol. The van der Waals surface area contributed by atoms with Crippen LogP contribution >= 0.6 is 0 Å². The standard InChI is InChI=1S/C7H11F3O/c8-7(9,10)6(3-4-6)2-1-5-11/h11H,1-5H2/i1D2. The summed E-state index contributed by atoms with van der Waals surface area (Å²) in [5.74, 6) is 0. The fraction of sp³-hybridized carbons (Fsp3) is 1.00. The van der Waals surface area contributed by atoms with Crippen molar-refractivity contribution in [3.8, 4) is 0 Å². The molecule has 0 spiro atoms. The van der Waals surface area contributed by atoms with Crippen molar-refractivity contribution in [2.75, 3.05) is 6.61 Å². The molecule has 1 saturated carbocycles. The van der Waals surface area contributed by atoms with E-state index in [9.17, 15) is 13.2 Å². The summed E-state index contributed by atoms with van der Waals surface area (Å²) in [4.78, 5) is 0. The predicted molar refractivity (Wildman–Crippen MR) is 34.0 cm³/mol. The molecular formula is C7H11F3O. The third-order valence-electron chi connectivity index (χ3n) is 2.03. The Morgan fingerprint density at radius 1 is 1.45 bits per heavy atom. The summed E-state index contributed by atoms with van der Waals surface area (Å²) in [6.07, 6.45) is -7.12. The van der Waals surface area contributed by atoms with Gasteiger partial charge in [0.2, 0.25) is 0 Å². The number of aliphatic hydroxyl groups excluding tert-OH is 1. The molecule has 66 valence electrons. The lowest BCUT2D eigenvalue weighted by Gasteiger charge is -2.17. The lowest BCUT2D eigenvalue weighted by Crippen LogP contribution is -2.24. The molecule has 0 atom stereocenters. The zero-order chi connectivity index (χ0) is 10.3. The maximum absolute atomic E-state index is 12.3. The van der Waals surface area contributed by atoms with E-state index in [1.807, 2.05) is 0 Å². The van der Waals surface area contributed by atoms with Gasteiger partial charge in [-0.3, -0.25) is 0 Å². The van der Waals surface area contributed by atoms with Crippen LogP contribution in [0.5, 0.6) is 0 Å². The molecule has 0 unspecified atom stereocenters. The molecule has 0 aliphatic heterocycles. The van der Waals surface area contributed by atoms with Crippen LogP contribution in [-0.2, 0) is 0 Å². The van der Waals surface area contributed by atoms with Gasteiger partial charge in [0.1, 0.15) is 0 Å². The summed E-state index contributed by atoms with van der Waals surface area (Å²) in [7, 11) is 0. The van der Waals surface area contributed by atoms with Gasteiger partial charge in [-0.25, -0.2) is 0 Å². The smallest absolute Gasteiger partial charge is 0.394 e. The molecule has 0 saturated heterocycles. The second kappa shape index (κ2) is 2.66. The average Bonchev–Trinajstić information content (AvgIpc) is 2.67. The van der Waals surface area contributed by atoms with Gasteiger partial charge in [0.05, 0.1) is 5.41 Å². The highest BCUT2D eigenvalue weighted by Crippen LogP contribution is 2.60. The molecule has 1 fully saturated rings. The molecular weight excluding hydrogens is 157 g/mol. The molecule has 1 N–H and O–H groups in total. The Bertz CT molecular complexity index is 198. The molecule has 0 aromatic carbocycles. The van der Waals surface area contributed by atoms with E-state index in [0.29, 0.717) is 0 Å². The summed E-state index contributed by atoms with van der Waals surface area (Å²) in [5, 5.41) is 8.51. The second-order valence-electron chi connectivity index (χ2n) is 2.86. The van der Waals surface area contributed by atoms with E-state index >= 15 is 0 Å². The van der Waals surface area contributed by atoms with Gasteiger partial charge in [0.15, 0.2) is 0 Å². The highest BCUT2D eigenvalue weighted by atomic mass is 19.4. The molecule has 4 heteroatoms. The molecule has 0 aromatic heterocycles. The first-order valence-corrected chi connectivity index (χ1v) is 3.40. The molecule has 1 aliphatic carbocycles. The number of hydrogen-bond donors (Lipinski definition) is 1. The number of hydrogen-bond acceptors (Lipinski definition) is 1. The van der Waals surface area contributed by atoms with E-state index in [1.165, 1.54) is 0 Å². The molecule has 0 heterocycles. The minimum absolute atomic E-state index is 0.0178. The second-order valence-corrected chi connectivity index (χ2v) is 2.86. The van der Waals surface area contributed by atoms with Crippen LogP contribution in [0.1, 0.15) is 28.4 Å². The first-order valence-electron chi connectivity index (χ1n) is 4.40. The molecule has 0 radical (unpaired) electrons. The van der Waals surface area contributed by atoms with Gasteiger partial charge in [-0.1, -0.05) is 0 Å². The molecule has 11 heavy (non-hydrogen) atoms. The van der Waals surface area contributed by atoms with Crippen molar-refractivity contribution < 1.29 is 21.0 Å². The minimum Gasteiger partial charge on any atom is -0.396 e. The Labute approximate surface area is 66.0 Å². The minimum atomic E-state index is -4.34. The fourth-order valence-corrected chi connectivity index (χ4v) is 1.01. The van der Waals surface area contributed by atoms with Crippen molar-refractivity contribution >= 4 is 0 Å². The summed E-state index contributed by atoms with van der Waals surface area (Å²) in [6, 6.07) is 0. The van der Waals surface area contributed by atoms with E-state index in [4.69, 9.17) is 7.85 Å². The normalized spacial score (nSPS) is 25.8. The van der Waals surface area contributed by atoms with Gasteiger partial charge >= 0.3 is 6.18 Å². The topological polar surface area (TPSA) is 20.2 Å². The molecule has 0 amide bonds. The Balaban J connectivity index is 2.64. The highest BCUT2D eigenvalue weighted by Gasteiger charge is 2.62. The van der Waals surface area contributed by atoms with Crippen molar-refractivity contribution in [2.24, 2.45) is 5.41 Å². The van der Waals surface area contributed by atoms with Crippen LogP contribution in [0.2, 0.25) is 0 Å². The number of halogens is 3. The van der Waals surface area contributed by atoms with E-state index in [1.54, 1.807) is 0 Å². The first kappa shape index (κ1) is 6.29.